The van der Waals surface area contributed by atoms with Gasteiger partial charge >= 0.3 is 0 Å². The topological polar surface area (TPSA) is 95.0 Å². The number of phenolic OH excluding ortho intramolecular Hbond substituents is 1. The van der Waals surface area contributed by atoms with Crippen molar-refractivity contribution in [2.24, 2.45) is 23.7 Å². The number of carbonyl (C=O) groups excluding carboxylic acids is 4. The number of rotatable bonds is 5. The van der Waals surface area contributed by atoms with Gasteiger partial charge < -0.3 is 5.11 Å². The Hall–Kier alpha value is -5.53. The van der Waals surface area contributed by atoms with Crippen molar-refractivity contribution in [1.82, 2.24) is 4.90 Å². The van der Waals surface area contributed by atoms with Crippen molar-refractivity contribution >= 4 is 51.7 Å². The van der Waals surface area contributed by atoms with Crippen LogP contribution >= 0.6 is 11.6 Å². The number of halogens is 1. The molecular formula is C43H33ClN2O5. The van der Waals surface area contributed by atoms with Gasteiger partial charge in [-0.15, -0.1) is 0 Å². The van der Waals surface area contributed by atoms with Crippen molar-refractivity contribution in [3.63, 3.8) is 0 Å². The molecule has 7 nitrogen and oxygen atoms in total. The maximum absolute atomic E-state index is 15.4. The molecule has 1 N–H and O–H groups in total. The largest absolute Gasteiger partial charge is 0.507 e. The lowest BCUT2D eigenvalue weighted by Crippen LogP contribution is -2.53. The van der Waals surface area contributed by atoms with Crippen LogP contribution in [0.15, 0.2) is 133 Å². The number of hydrogen-bond acceptors (Lipinski definition) is 5. The summed E-state index contributed by atoms with van der Waals surface area (Å²) in [4.78, 5) is 61.4. The number of anilines is 1. The van der Waals surface area contributed by atoms with E-state index in [2.05, 4.69) is 0 Å². The molecule has 6 atom stereocenters. The molecular weight excluding hydrogens is 660 g/mol. The Morgan fingerprint density at radius 1 is 0.745 bits per heavy atom. The molecule has 2 heterocycles. The van der Waals surface area contributed by atoms with E-state index in [4.69, 9.17) is 11.6 Å². The van der Waals surface area contributed by atoms with E-state index in [1.165, 1.54) is 9.80 Å². The van der Waals surface area contributed by atoms with Crippen molar-refractivity contribution in [2.45, 2.75) is 30.7 Å². The summed E-state index contributed by atoms with van der Waals surface area (Å²) in [5, 5.41) is 14.0. The molecule has 0 unspecified atom stereocenters. The van der Waals surface area contributed by atoms with Crippen LogP contribution in [0.3, 0.4) is 0 Å². The minimum atomic E-state index is -1.47. The van der Waals surface area contributed by atoms with Crippen LogP contribution in [0.2, 0.25) is 5.02 Å². The normalized spacial score (nSPS) is 27.0. The number of nitrogens with zero attached hydrogens (tertiary/aromatic N) is 2. The second kappa shape index (κ2) is 11.8. The predicted molar refractivity (Wildman–Crippen MR) is 194 cm³/mol. The number of benzene rings is 5. The number of likely N-dealkylation sites (tertiary alicyclic amines) is 1. The lowest BCUT2D eigenvalue weighted by molar-refractivity contribution is -0.141. The van der Waals surface area contributed by atoms with Gasteiger partial charge in [-0.25, -0.2) is 4.90 Å². The molecule has 4 aliphatic rings. The third-order valence-corrected chi connectivity index (χ3v) is 11.9. The Labute approximate surface area is 299 Å². The molecule has 2 aliphatic heterocycles. The Morgan fingerprint density at radius 2 is 1.47 bits per heavy atom. The number of aromatic hydroxyl groups is 1. The minimum absolute atomic E-state index is 0.0248. The average molecular weight is 693 g/mol. The van der Waals surface area contributed by atoms with Gasteiger partial charge in [0.15, 0.2) is 0 Å². The van der Waals surface area contributed by atoms with Crippen LogP contribution in [-0.4, -0.2) is 33.6 Å². The van der Waals surface area contributed by atoms with Crippen molar-refractivity contribution < 1.29 is 24.3 Å². The molecule has 5 aromatic rings. The Kier molecular flexibility index (Phi) is 7.26. The second-order valence-corrected chi connectivity index (χ2v) is 14.5. The first-order chi connectivity index (χ1) is 24.8. The zero-order valence-corrected chi connectivity index (χ0v) is 28.2. The number of phenols is 1. The van der Waals surface area contributed by atoms with Crippen molar-refractivity contribution in [3.05, 3.63) is 155 Å². The summed E-state index contributed by atoms with van der Waals surface area (Å²) in [6.07, 6.45) is 2.52. The van der Waals surface area contributed by atoms with E-state index in [9.17, 15) is 19.5 Å². The molecule has 9 rings (SSSR count). The molecule has 0 bridgehead atoms. The smallest absolute Gasteiger partial charge is 0.246 e. The molecule has 3 fully saturated rings. The zero-order valence-electron chi connectivity index (χ0n) is 27.5. The van der Waals surface area contributed by atoms with E-state index >= 15 is 4.79 Å². The van der Waals surface area contributed by atoms with E-state index in [1.807, 2.05) is 103 Å². The monoisotopic (exact) mass is 692 g/mol. The second-order valence-electron chi connectivity index (χ2n) is 14.1. The summed E-state index contributed by atoms with van der Waals surface area (Å²) in [6.45, 7) is 0.166. The SMILES string of the molecule is O=C1[C@H]2[C@H](CC=C3[C@H]2C[C@H]2C(=O)N(c4cccc(Cl)c4)C(=O)[C@@]2(c2ccccc2)[C@H]3c2ccc3ccccc3c2O)C(=O)N1Cc1ccccc1. The zero-order chi connectivity index (χ0) is 35.0. The maximum Gasteiger partial charge on any atom is 0.246 e. The molecule has 252 valence electrons. The lowest BCUT2D eigenvalue weighted by Gasteiger charge is -2.50. The van der Waals surface area contributed by atoms with Gasteiger partial charge in [-0.3, -0.25) is 24.1 Å². The summed E-state index contributed by atoms with van der Waals surface area (Å²) >= 11 is 6.42. The van der Waals surface area contributed by atoms with Gasteiger partial charge in [0, 0.05) is 21.9 Å². The number of amides is 4. The van der Waals surface area contributed by atoms with Gasteiger partial charge in [-0.05, 0) is 53.5 Å². The average Bonchev–Trinajstić information content (AvgIpc) is 3.53. The van der Waals surface area contributed by atoms with E-state index in [0.717, 1.165) is 16.5 Å². The van der Waals surface area contributed by atoms with Gasteiger partial charge in [0.25, 0.3) is 0 Å². The van der Waals surface area contributed by atoms with Gasteiger partial charge in [0.2, 0.25) is 23.6 Å². The van der Waals surface area contributed by atoms with Crippen LogP contribution in [-0.2, 0) is 31.1 Å². The number of hydrogen-bond donors (Lipinski definition) is 1. The summed E-state index contributed by atoms with van der Waals surface area (Å²) < 4.78 is 0. The van der Waals surface area contributed by atoms with Gasteiger partial charge in [-0.1, -0.05) is 126 Å². The Bertz CT molecular complexity index is 2310. The van der Waals surface area contributed by atoms with Gasteiger partial charge in [0.05, 0.1) is 35.4 Å². The standard InChI is InChI=1S/C43H33ClN2O5/c44-28-15-9-16-29(22-28)46-40(49)35-23-34-31(20-21-32-36(34)41(50)45(39(32)48)24-25-10-3-1-4-11-25)37(43(35,42(46)51)27-13-5-2-6-14-27)33-19-18-26-12-7-8-17-30(26)38(33)47/h1-20,22,32,34-37,47H,21,23-24H2/t32-,34+,35-,36-,37+,43+/m0/s1. The first kappa shape index (κ1) is 31.5. The van der Waals surface area contributed by atoms with E-state index < -0.39 is 46.8 Å². The highest BCUT2D eigenvalue weighted by molar-refractivity contribution is 6.32. The van der Waals surface area contributed by atoms with Crippen LogP contribution in [0.5, 0.6) is 5.75 Å². The molecule has 0 radical (unpaired) electrons. The summed E-state index contributed by atoms with van der Waals surface area (Å²) in [5.74, 6) is -4.80. The van der Waals surface area contributed by atoms with E-state index in [1.54, 1.807) is 24.3 Å². The van der Waals surface area contributed by atoms with Crippen LogP contribution in [0.25, 0.3) is 10.8 Å². The van der Waals surface area contributed by atoms with Crippen LogP contribution in [0, 0.1) is 23.7 Å². The highest BCUT2D eigenvalue weighted by Crippen LogP contribution is 2.65. The molecule has 1 saturated carbocycles. The minimum Gasteiger partial charge on any atom is -0.507 e. The van der Waals surface area contributed by atoms with Crippen molar-refractivity contribution in [1.29, 1.82) is 0 Å². The number of allylic oxidation sites excluding steroid dienone is 2. The summed E-state index contributed by atoms with van der Waals surface area (Å²) in [5.41, 5.74) is 1.70. The highest BCUT2D eigenvalue weighted by atomic mass is 35.5. The predicted octanol–water partition coefficient (Wildman–Crippen LogP) is 7.56. The third kappa shape index (κ3) is 4.50. The molecule has 8 heteroatoms. The van der Waals surface area contributed by atoms with E-state index in [-0.39, 0.29) is 30.5 Å². The first-order valence-corrected chi connectivity index (χ1v) is 17.7. The summed E-state index contributed by atoms with van der Waals surface area (Å²) in [6, 6.07) is 36.8. The Balaban J connectivity index is 1.27. The fraction of sp³-hybridized carbons (Fsp3) is 0.209. The summed E-state index contributed by atoms with van der Waals surface area (Å²) in [7, 11) is 0. The Morgan fingerprint density at radius 3 is 2.24 bits per heavy atom. The van der Waals surface area contributed by atoms with Crippen LogP contribution in [0.1, 0.15) is 35.4 Å². The molecule has 51 heavy (non-hydrogen) atoms. The number of imide groups is 2. The van der Waals surface area contributed by atoms with E-state index in [0.29, 0.717) is 33.6 Å². The molecule has 4 amide bonds. The first-order valence-electron chi connectivity index (χ1n) is 17.3. The van der Waals surface area contributed by atoms with Gasteiger partial charge in [-0.2, -0.15) is 0 Å². The number of carbonyl (C=O) groups is 4. The maximum atomic E-state index is 15.4. The third-order valence-electron chi connectivity index (χ3n) is 11.7. The van der Waals surface area contributed by atoms with Crippen molar-refractivity contribution in [2.75, 3.05) is 4.90 Å². The molecule has 2 aliphatic carbocycles. The van der Waals surface area contributed by atoms with Crippen LogP contribution in [0.4, 0.5) is 5.69 Å². The quantitative estimate of drug-likeness (QED) is 0.152. The lowest BCUT2D eigenvalue weighted by atomic mass is 9.49. The molecule has 0 aromatic heterocycles. The molecule has 2 saturated heterocycles. The van der Waals surface area contributed by atoms with Crippen molar-refractivity contribution in [3.8, 4) is 5.75 Å². The highest BCUT2D eigenvalue weighted by Gasteiger charge is 2.70. The fourth-order valence-electron chi connectivity index (χ4n) is 9.58. The molecule has 5 aromatic carbocycles. The molecule has 0 spiro atoms. The van der Waals surface area contributed by atoms with Gasteiger partial charge in [0.1, 0.15) is 5.75 Å². The number of fused-ring (bicyclic) bond motifs is 5. The van der Waals surface area contributed by atoms with Crippen LogP contribution < -0.4 is 4.90 Å². The fourth-order valence-corrected chi connectivity index (χ4v) is 9.76.